The van der Waals surface area contributed by atoms with Crippen LogP contribution < -0.4 is 0 Å². The van der Waals surface area contributed by atoms with Crippen LogP contribution in [0.25, 0.3) is 0 Å². The van der Waals surface area contributed by atoms with Crippen LogP contribution in [-0.2, 0) is 18.7 Å². The Morgan fingerprint density at radius 3 is 1.82 bits per heavy atom. The molecule has 120 valence electrons. The summed E-state index contributed by atoms with van der Waals surface area (Å²) < 4.78 is 4.78. The Morgan fingerprint density at radius 1 is 0.818 bits per heavy atom. The summed E-state index contributed by atoms with van der Waals surface area (Å²) in [5, 5.41) is 0. The van der Waals surface area contributed by atoms with E-state index in [0.717, 1.165) is 12.3 Å². The number of nitrogens with zero attached hydrogens (tertiary/aromatic N) is 1. The van der Waals surface area contributed by atoms with E-state index in [2.05, 4.69) is 68.2 Å². The van der Waals surface area contributed by atoms with Gasteiger partial charge in [-0.2, -0.15) is 0 Å². The average molecular weight is 315 g/mol. The zero-order valence-corrected chi connectivity index (χ0v) is 14.3. The van der Waals surface area contributed by atoms with Crippen LogP contribution in [-0.4, -0.2) is 13.7 Å². The first-order valence-electron chi connectivity index (χ1n) is 7.73. The van der Waals surface area contributed by atoms with Gasteiger partial charge in [-0.05, 0) is 36.8 Å². The lowest BCUT2D eigenvalue weighted by atomic mass is 10.1. The number of hydrogen-bond donors (Lipinski definition) is 0. The molecule has 1 nitrogen and oxygen atoms in total. The second-order valence-electron chi connectivity index (χ2n) is 5.91. The van der Waals surface area contributed by atoms with E-state index in [1.807, 2.05) is 7.05 Å². The second kappa shape index (κ2) is 8.96. The van der Waals surface area contributed by atoms with E-state index in [4.69, 9.17) is 4.74 Å². The molecule has 22 heavy (non-hydrogen) atoms. The minimum absolute atomic E-state index is 0. The van der Waals surface area contributed by atoms with Crippen molar-refractivity contribution in [1.29, 1.82) is 0 Å². The highest BCUT2D eigenvalue weighted by Crippen LogP contribution is 2.51. The van der Waals surface area contributed by atoms with Crippen LogP contribution in [0.2, 0.25) is 0 Å². The Kier molecular flexibility index (Phi) is 7.62. The summed E-state index contributed by atoms with van der Waals surface area (Å²) in [7, 11) is 0.689. The Morgan fingerprint density at radius 2 is 1.32 bits per heavy atom. The quantitative estimate of drug-likeness (QED) is 0.544. The van der Waals surface area contributed by atoms with E-state index in [-0.39, 0.29) is 7.43 Å². The molecule has 2 aromatic rings. The van der Waals surface area contributed by atoms with Gasteiger partial charge in [0.15, 0.2) is 0 Å². The van der Waals surface area contributed by atoms with Crippen molar-refractivity contribution in [3.63, 3.8) is 0 Å². The van der Waals surface area contributed by atoms with Gasteiger partial charge in [0.1, 0.15) is 0 Å². The minimum atomic E-state index is -1.30. The molecule has 0 aliphatic carbocycles. The fourth-order valence-electron chi connectivity index (χ4n) is 2.67. The second-order valence-corrected chi connectivity index (χ2v) is 9.62. The molecule has 2 heteroatoms. The highest BCUT2D eigenvalue weighted by Gasteiger charge is 2.14. The number of hydrogen-bond acceptors (Lipinski definition) is 1. The van der Waals surface area contributed by atoms with E-state index in [0.29, 0.717) is 0 Å². The van der Waals surface area contributed by atoms with Crippen LogP contribution in [0.3, 0.4) is 0 Å². The normalized spacial score (nSPS) is 13.0. The third-order valence-electron chi connectivity index (χ3n) is 3.93. The molecule has 0 heterocycles. The van der Waals surface area contributed by atoms with Crippen molar-refractivity contribution >= 4 is 7.05 Å². The molecule has 2 aromatic carbocycles. The van der Waals surface area contributed by atoms with Gasteiger partial charge in [-0.3, -0.25) is 0 Å². The zero-order valence-electron chi connectivity index (χ0n) is 13.4. The van der Waals surface area contributed by atoms with Crippen LogP contribution in [0.1, 0.15) is 37.5 Å². The van der Waals surface area contributed by atoms with E-state index in [1.165, 1.54) is 29.5 Å². The van der Waals surface area contributed by atoms with Gasteiger partial charge in [-0.1, -0.05) is 75.4 Å². The smallest absolute Gasteiger partial charge is 0.0262 e. The Balaban J connectivity index is 0.00000242. The fraction of sp³-hybridized carbons (Fsp3) is 0.400. The van der Waals surface area contributed by atoms with E-state index < -0.39 is 7.05 Å². The van der Waals surface area contributed by atoms with E-state index >= 15 is 0 Å². The van der Waals surface area contributed by atoms with Crippen molar-refractivity contribution in [1.82, 2.24) is 0 Å². The molecule has 0 bridgehead atoms. The van der Waals surface area contributed by atoms with Gasteiger partial charge in [0.05, 0.1) is 0 Å². The molecule has 0 saturated carbocycles. The molecular formula is C20H30NP. The predicted octanol–water partition coefficient (Wildman–Crippen LogP) is 6.44. The summed E-state index contributed by atoms with van der Waals surface area (Å²) in [5.41, 5.74) is 4.27. The molecule has 0 amide bonds. The molecule has 0 N–H and O–H groups in total. The molecule has 0 aromatic heterocycles. The monoisotopic (exact) mass is 315 g/mol. The van der Waals surface area contributed by atoms with E-state index in [9.17, 15) is 0 Å². The first kappa shape index (κ1) is 18.7. The molecule has 2 rings (SSSR count). The van der Waals surface area contributed by atoms with Crippen LogP contribution >= 0.6 is 7.05 Å². The standard InChI is InChI=1S/C19H26NP.CH4/c1-4-8-17-11-13-19(14-12-17)16-21(3,20-2)15-18-9-6-5-7-10-18;/h5-7,9-14H,4,8,15-16H2,1-3H3;1H4. The van der Waals surface area contributed by atoms with Crippen molar-refractivity contribution in [3.8, 4) is 0 Å². The summed E-state index contributed by atoms with van der Waals surface area (Å²) >= 11 is 0. The lowest BCUT2D eigenvalue weighted by Gasteiger charge is -2.20. The SMILES string of the molecule is C.CCCc1ccc(CP(C)(Cc2ccccc2)=NC)cc1. The molecule has 0 spiro atoms. The lowest BCUT2D eigenvalue weighted by molar-refractivity contribution is 0.921. The van der Waals surface area contributed by atoms with Crippen molar-refractivity contribution in [2.45, 2.75) is 39.5 Å². The van der Waals surface area contributed by atoms with E-state index in [1.54, 1.807) is 0 Å². The summed E-state index contributed by atoms with van der Waals surface area (Å²) in [5.74, 6) is 0. The molecule has 1 unspecified atom stereocenters. The summed E-state index contributed by atoms with van der Waals surface area (Å²) in [6.45, 7) is 4.59. The van der Waals surface area contributed by atoms with Crippen molar-refractivity contribution in [2.24, 2.45) is 4.74 Å². The Bertz CT molecular complexity index is 599. The highest BCUT2D eigenvalue weighted by atomic mass is 31.2. The first-order chi connectivity index (χ1) is 10.1. The molecule has 0 aliphatic rings. The van der Waals surface area contributed by atoms with Gasteiger partial charge in [-0.15, -0.1) is 0 Å². The molecule has 0 radical (unpaired) electrons. The largest absolute Gasteiger partial charge is 0.306 e. The Labute approximate surface area is 136 Å². The maximum atomic E-state index is 4.78. The first-order valence-corrected chi connectivity index (χ1v) is 10.3. The Hall–Kier alpha value is -1.33. The predicted molar refractivity (Wildman–Crippen MR) is 102 cm³/mol. The topological polar surface area (TPSA) is 12.4 Å². The highest BCUT2D eigenvalue weighted by molar-refractivity contribution is 7.64. The lowest BCUT2D eigenvalue weighted by Crippen LogP contribution is -1.93. The van der Waals surface area contributed by atoms with Crippen molar-refractivity contribution < 1.29 is 0 Å². The summed E-state index contributed by atoms with van der Waals surface area (Å²) in [6.07, 6.45) is 4.59. The average Bonchev–Trinajstić information content (AvgIpc) is 2.50. The van der Waals surface area contributed by atoms with Gasteiger partial charge in [0, 0.05) is 19.4 Å². The summed E-state index contributed by atoms with van der Waals surface area (Å²) in [6, 6.07) is 19.9. The van der Waals surface area contributed by atoms with Crippen LogP contribution in [0.4, 0.5) is 0 Å². The molecule has 0 saturated heterocycles. The molecule has 1 atom stereocenters. The fourth-order valence-corrected chi connectivity index (χ4v) is 5.06. The molecule has 0 fully saturated rings. The van der Waals surface area contributed by atoms with Gasteiger partial charge < -0.3 is 4.74 Å². The van der Waals surface area contributed by atoms with Gasteiger partial charge in [0.2, 0.25) is 0 Å². The number of rotatable bonds is 6. The van der Waals surface area contributed by atoms with Crippen molar-refractivity contribution in [2.75, 3.05) is 13.7 Å². The van der Waals surface area contributed by atoms with Crippen molar-refractivity contribution in [3.05, 3.63) is 71.3 Å². The third-order valence-corrected chi connectivity index (χ3v) is 6.99. The van der Waals surface area contributed by atoms with Crippen LogP contribution in [0, 0.1) is 0 Å². The number of aryl methyl sites for hydroxylation is 1. The maximum absolute atomic E-state index is 4.78. The van der Waals surface area contributed by atoms with Gasteiger partial charge in [0.25, 0.3) is 0 Å². The van der Waals surface area contributed by atoms with Gasteiger partial charge in [-0.25, -0.2) is 0 Å². The summed E-state index contributed by atoms with van der Waals surface area (Å²) in [4.78, 5) is 0. The third kappa shape index (κ3) is 5.46. The van der Waals surface area contributed by atoms with Crippen LogP contribution in [0.15, 0.2) is 59.3 Å². The molecule has 0 aliphatic heterocycles. The number of benzene rings is 2. The van der Waals surface area contributed by atoms with Gasteiger partial charge >= 0.3 is 0 Å². The van der Waals surface area contributed by atoms with Crippen LogP contribution in [0.5, 0.6) is 0 Å². The zero-order chi connectivity index (χ0) is 15.1. The maximum Gasteiger partial charge on any atom is 0.0262 e. The minimum Gasteiger partial charge on any atom is -0.306 e. The molecular weight excluding hydrogens is 285 g/mol.